The van der Waals surface area contributed by atoms with Crippen molar-refractivity contribution in [2.75, 3.05) is 24.7 Å². The van der Waals surface area contributed by atoms with Gasteiger partial charge >= 0.3 is 23.5 Å². The number of sulfone groups is 1. The lowest BCUT2D eigenvalue weighted by atomic mass is 10.1. The van der Waals surface area contributed by atoms with E-state index in [0.717, 1.165) is 12.3 Å². The zero-order chi connectivity index (χ0) is 27.3. The van der Waals surface area contributed by atoms with Crippen molar-refractivity contribution in [1.29, 1.82) is 5.26 Å². The van der Waals surface area contributed by atoms with Gasteiger partial charge in [-0.2, -0.15) is 15.2 Å². The number of ether oxygens (including phenoxy) is 3. The fourth-order valence-electron chi connectivity index (χ4n) is 2.61. The first kappa shape index (κ1) is 27.9. The number of rotatable bonds is 9. The molecule has 0 amide bonds. The van der Waals surface area contributed by atoms with Crippen molar-refractivity contribution in [1.82, 2.24) is 9.97 Å². The number of carbonyl (C=O) groups excluding carboxylic acids is 2. The first-order chi connectivity index (χ1) is 16.7. The number of aromatic nitrogens is 2. The molecule has 1 aromatic heterocycles. The van der Waals surface area contributed by atoms with Gasteiger partial charge in [-0.15, -0.1) is 0 Å². The molecule has 0 aliphatic rings. The first-order valence-corrected chi connectivity index (χ1v) is 12.2. The van der Waals surface area contributed by atoms with Gasteiger partial charge in [0.2, 0.25) is 15.7 Å². The second-order valence-corrected chi connectivity index (χ2v) is 10.0. The molecule has 0 aliphatic carbocycles. The van der Waals surface area contributed by atoms with Crippen LogP contribution in [0.25, 0.3) is 0 Å². The predicted molar refractivity (Wildman–Crippen MR) is 123 cm³/mol. The molecule has 0 unspecified atom stereocenters. The third kappa shape index (κ3) is 7.34. The predicted octanol–water partition coefficient (Wildman–Crippen LogP) is 2.38. The highest BCUT2D eigenvalue weighted by Crippen LogP contribution is 2.36. The molecule has 15 heteroatoms. The summed E-state index contributed by atoms with van der Waals surface area (Å²) in [5.41, 5.74) is -2.00. The zero-order valence-electron chi connectivity index (χ0n) is 20.0. The molecule has 0 atom stereocenters. The molecule has 0 saturated heterocycles. The van der Waals surface area contributed by atoms with Crippen LogP contribution < -0.4 is 10.1 Å². The molecule has 2 aromatic rings. The largest absolute Gasteiger partial charge is 0.465 e. The van der Waals surface area contributed by atoms with Crippen molar-refractivity contribution in [2.45, 2.75) is 38.5 Å². The number of carbonyl (C=O) groups is 2. The molecular weight excluding hydrogens is 498 g/mol. The molecular formula is C21H23N5O9S. The Kier molecular flexibility index (Phi) is 8.49. The molecule has 1 heterocycles. The van der Waals surface area contributed by atoms with Crippen LogP contribution >= 0.6 is 0 Å². The van der Waals surface area contributed by atoms with E-state index in [1.165, 1.54) is 12.1 Å². The lowest BCUT2D eigenvalue weighted by Crippen LogP contribution is -2.24. The molecule has 1 aromatic carbocycles. The van der Waals surface area contributed by atoms with E-state index in [9.17, 15) is 33.4 Å². The van der Waals surface area contributed by atoms with Gasteiger partial charge in [0.15, 0.2) is 0 Å². The molecule has 0 aliphatic heterocycles. The Hall–Kier alpha value is -4.32. The summed E-state index contributed by atoms with van der Waals surface area (Å²) >= 11 is 0. The van der Waals surface area contributed by atoms with Gasteiger partial charge in [-0.3, -0.25) is 14.9 Å². The van der Waals surface area contributed by atoms with Crippen LogP contribution in [0, 0.1) is 21.4 Å². The minimum Gasteiger partial charge on any atom is -0.465 e. The third-order valence-electron chi connectivity index (χ3n) is 4.00. The summed E-state index contributed by atoms with van der Waals surface area (Å²) in [6.45, 7) is 5.92. The fraction of sp³-hybridized carbons (Fsp3) is 0.381. The van der Waals surface area contributed by atoms with Gasteiger partial charge in [0, 0.05) is 6.26 Å². The summed E-state index contributed by atoms with van der Waals surface area (Å²) in [5, 5.41) is 22.7. The molecule has 0 spiro atoms. The number of anilines is 1. The average molecular weight is 522 g/mol. The molecule has 0 saturated carbocycles. The fourth-order valence-corrected chi connectivity index (χ4v) is 3.11. The second kappa shape index (κ2) is 11.0. The van der Waals surface area contributed by atoms with Crippen molar-refractivity contribution in [2.24, 2.45) is 0 Å². The van der Waals surface area contributed by atoms with Gasteiger partial charge in [-0.1, -0.05) is 0 Å². The van der Waals surface area contributed by atoms with Crippen LogP contribution in [0.4, 0.5) is 11.5 Å². The number of nitriles is 1. The Morgan fingerprint density at radius 3 is 2.44 bits per heavy atom. The van der Waals surface area contributed by atoms with Gasteiger partial charge in [0.1, 0.15) is 24.0 Å². The molecule has 0 fully saturated rings. The Labute approximate surface area is 206 Å². The van der Waals surface area contributed by atoms with Crippen LogP contribution in [0.2, 0.25) is 0 Å². The maximum atomic E-state index is 12.6. The van der Waals surface area contributed by atoms with E-state index >= 15 is 0 Å². The quantitative estimate of drug-likeness (QED) is 0.218. The van der Waals surface area contributed by atoms with Crippen molar-refractivity contribution >= 4 is 33.3 Å². The topological polar surface area (TPSA) is 201 Å². The summed E-state index contributed by atoms with van der Waals surface area (Å²) in [5.74, 6) is -3.22. The van der Waals surface area contributed by atoms with Gasteiger partial charge in [0.05, 0.1) is 22.7 Å². The van der Waals surface area contributed by atoms with Crippen LogP contribution in [-0.4, -0.2) is 60.3 Å². The van der Waals surface area contributed by atoms with E-state index < -0.39 is 61.4 Å². The maximum absolute atomic E-state index is 12.6. The molecule has 36 heavy (non-hydrogen) atoms. The molecule has 192 valence electrons. The SMILES string of the molecule is CCOC(=O)CNc1nc(S(C)(=O)=O)nc(Oc2ccc(C#N)c(C(=O)OC(C)(C)C)c2)c1[N+](=O)[O-]. The van der Waals surface area contributed by atoms with Gasteiger partial charge in [-0.25, -0.2) is 13.2 Å². The second-order valence-electron chi connectivity index (χ2n) is 8.12. The van der Waals surface area contributed by atoms with E-state index in [0.29, 0.717) is 0 Å². The van der Waals surface area contributed by atoms with E-state index in [4.69, 9.17) is 14.2 Å². The van der Waals surface area contributed by atoms with E-state index in [2.05, 4.69) is 15.3 Å². The number of esters is 2. The van der Waals surface area contributed by atoms with E-state index in [1.54, 1.807) is 27.7 Å². The normalized spacial score (nSPS) is 11.2. The van der Waals surface area contributed by atoms with Gasteiger partial charge < -0.3 is 19.5 Å². The number of benzene rings is 1. The van der Waals surface area contributed by atoms with E-state index in [1.807, 2.05) is 6.07 Å². The maximum Gasteiger partial charge on any atom is 0.373 e. The van der Waals surface area contributed by atoms with Gasteiger partial charge in [0.25, 0.3) is 5.16 Å². The van der Waals surface area contributed by atoms with Crippen LogP contribution in [0.5, 0.6) is 11.6 Å². The van der Waals surface area contributed by atoms with Crippen molar-refractivity contribution in [3.05, 3.63) is 39.4 Å². The Morgan fingerprint density at radius 1 is 1.25 bits per heavy atom. The lowest BCUT2D eigenvalue weighted by Gasteiger charge is -2.20. The molecule has 14 nitrogen and oxygen atoms in total. The van der Waals surface area contributed by atoms with Crippen LogP contribution in [0.3, 0.4) is 0 Å². The van der Waals surface area contributed by atoms with Crippen LogP contribution in [0.15, 0.2) is 23.4 Å². The summed E-state index contributed by atoms with van der Waals surface area (Å²) in [4.78, 5) is 42.5. The zero-order valence-corrected chi connectivity index (χ0v) is 20.8. The van der Waals surface area contributed by atoms with E-state index in [-0.39, 0.29) is 23.5 Å². The highest BCUT2D eigenvalue weighted by molar-refractivity contribution is 7.90. The Bertz CT molecular complexity index is 1340. The number of nitro groups is 1. The lowest BCUT2D eigenvalue weighted by molar-refractivity contribution is -0.385. The van der Waals surface area contributed by atoms with Crippen LogP contribution in [0.1, 0.15) is 43.6 Å². The van der Waals surface area contributed by atoms with Crippen molar-refractivity contribution in [3.63, 3.8) is 0 Å². The van der Waals surface area contributed by atoms with Crippen molar-refractivity contribution < 1.29 is 37.1 Å². The summed E-state index contributed by atoms with van der Waals surface area (Å²) < 4.78 is 39.7. The monoisotopic (exact) mass is 521 g/mol. The Balaban J connectivity index is 2.62. The minimum absolute atomic E-state index is 0.0496. The number of hydrogen-bond acceptors (Lipinski definition) is 13. The Morgan fingerprint density at radius 2 is 1.92 bits per heavy atom. The first-order valence-electron chi connectivity index (χ1n) is 10.3. The highest BCUT2D eigenvalue weighted by atomic mass is 32.2. The molecule has 1 N–H and O–H groups in total. The van der Waals surface area contributed by atoms with Gasteiger partial charge in [-0.05, 0) is 45.9 Å². The summed E-state index contributed by atoms with van der Waals surface area (Å²) in [6.07, 6.45) is 0.773. The molecule has 2 rings (SSSR count). The van der Waals surface area contributed by atoms with Crippen LogP contribution in [-0.2, 0) is 24.1 Å². The standard InChI is InChI=1S/C21H23N5O9S/c1-6-33-15(27)11-23-17-16(26(29)30)18(25-20(24-17)36(5,31)32)34-13-8-7-12(10-22)14(9-13)19(28)35-21(2,3)4/h7-9H,6,11H2,1-5H3,(H,23,24,25). The molecule has 0 bridgehead atoms. The highest BCUT2D eigenvalue weighted by Gasteiger charge is 2.30. The number of nitrogens with zero attached hydrogens (tertiary/aromatic N) is 4. The minimum atomic E-state index is -4.08. The summed E-state index contributed by atoms with van der Waals surface area (Å²) in [6, 6.07) is 5.38. The number of nitrogens with one attached hydrogen (secondary N) is 1. The average Bonchev–Trinajstić information content (AvgIpc) is 2.75. The summed E-state index contributed by atoms with van der Waals surface area (Å²) in [7, 11) is -4.08. The van der Waals surface area contributed by atoms with Crippen molar-refractivity contribution in [3.8, 4) is 17.7 Å². The smallest absolute Gasteiger partial charge is 0.373 e. The molecule has 0 radical (unpaired) electrons. The third-order valence-corrected chi connectivity index (χ3v) is 4.84. The number of hydrogen-bond donors (Lipinski definition) is 1.